The predicted molar refractivity (Wildman–Crippen MR) is 49.6 cm³/mol. The molecule has 0 spiro atoms. The Morgan fingerprint density at radius 3 is 2.27 bits per heavy atom. The zero-order valence-corrected chi connectivity index (χ0v) is 7.55. The maximum Gasteiger partial charge on any atom is 0.0431 e. The molecule has 0 amide bonds. The van der Waals surface area contributed by atoms with Gasteiger partial charge in [-0.05, 0) is 26.2 Å². The summed E-state index contributed by atoms with van der Waals surface area (Å²) in [5.74, 6) is 0. The largest absolute Gasteiger partial charge is 0.396 e. The van der Waals surface area contributed by atoms with Crippen LogP contribution in [-0.4, -0.2) is 11.7 Å². The van der Waals surface area contributed by atoms with E-state index in [0.29, 0.717) is 6.61 Å². The highest BCUT2D eigenvalue weighted by atomic mass is 16.2. The van der Waals surface area contributed by atoms with E-state index in [4.69, 9.17) is 5.11 Å². The van der Waals surface area contributed by atoms with E-state index in [9.17, 15) is 0 Å². The van der Waals surface area contributed by atoms with Gasteiger partial charge in [-0.15, -0.1) is 0 Å². The van der Waals surface area contributed by atoms with E-state index in [1.165, 1.54) is 32.1 Å². The topological polar surface area (TPSA) is 20.2 Å². The molecular formula is C10H20O. The van der Waals surface area contributed by atoms with Gasteiger partial charge in [-0.2, -0.15) is 0 Å². The van der Waals surface area contributed by atoms with E-state index in [-0.39, 0.29) is 0 Å². The molecule has 1 heteroatoms. The first-order valence-corrected chi connectivity index (χ1v) is 4.64. The number of aliphatic hydroxyl groups excluding tert-OH is 1. The smallest absolute Gasteiger partial charge is 0.0431 e. The minimum Gasteiger partial charge on any atom is -0.396 e. The normalized spacial score (nSPS) is 11.1. The lowest BCUT2D eigenvalue weighted by Gasteiger charge is -1.96. The quantitative estimate of drug-likeness (QED) is 0.444. The Labute approximate surface area is 70.1 Å². The van der Waals surface area contributed by atoms with Crippen LogP contribution in [0.1, 0.15) is 45.4 Å². The van der Waals surface area contributed by atoms with Gasteiger partial charge in [0.1, 0.15) is 0 Å². The van der Waals surface area contributed by atoms with Gasteiger partial charge in [0.05, 0.1) is 0 Å². The van der Waals surface area contributed by atoms with Gasteiger partial charge in [-0.1, -0.05) is 31.4 Å². The summed E-state index contributed by atoms with van der Waals surface area (Å²) in [7, 11) is 0. The fraction of sp³-hybridized carbons (Fsp3) is 0.800. The van der Waals surface area contributed by atoms with Crippen LogP contribution in [0.5, 0.6) is 0 Å². The lowest BCUT2D eigenvalue weighted by molar-refractivity contribution is 0.282. The number of rotatable bonds is 7. The molecule has 0 heterocycles. The first-order chi connectivity index (χ1) is 5.41. The Balaban J connectivity index is 2.79. The second-order valence-electron chi connectivity index (χ2n) is 2.85. The summed E-state index contributed by atoms with van der Waals surface area (Å²) in [4.78, 5) is 0. The predicted octanol–water partition coefficient (Wildman–Crippen LogP) is 2.90. The molecular weight excluding hydrogens is 136 g/mol. The van der Waals surface area contributed by atoms with Crippen LogP contribution >= 0.6 is 0 Å². The van der Waals surface area contributed by atoms with Gasteiger partial charge >= 0.3 is 0 Å². The first kappa shape index (κ1) is 10.7. The van der Waals surface area contributed by atoms with E-state index < -0.39 is 0 Å². The number of aliphatic hydroxyl groups is 1. The Morgan fingerprint density at radius 1 is 1.00 bits per heavy atom. The van der Waals surface area contributed by atoms with Crippen molar-refractivity contribution >= 4 is 0 Å². The van der Waals surface area contributed by atoms with Crippen LogP contribution in [0, 0.1) is 0 Å². The number of hydrogen-bond donors (Lipinski definition) is 1. The molecule has 1 nitrogen and oxygen atoms in total. The molecule has 66 valence electrons. The molecule has 0 radical (unpaired) electrons. The summed E-state index contributed by atoms with van der Waals surface area (Å²) >= 11 is 0. The zero-order valence-electron chi connectivity index (χ0n) is 7.55. The average Bonchev–Trinajstić information content (AvgIpc) is 2.03. The molecule has 0 aliphatic carbocycles. The van der Waals surface area contributed by atoms with Crippen LogP contribution in [0.2, 0.25) is 0 Å². The highest BCUT2D eigenvalue weighted by Gasteiger charge is 1.87. The summed E-state index contributed by atoms with van der Waals surface area (Å²) in [5.41, 5.74) is 0. The van der Waals surface area contributed by atoms with Crippen LogP contribution in [0.4, 0.5) is 0 Å². The van der Waals surface area contributed by atoms with Crippen molar-refractivity contribution in [3.63, 3.8) is 0 Å². The van der Waals surface area contributed by atoms with Crippen LogP contribution in [0.15, 0.2) is 12.2 Å². The monoisotopic (exact) mass is 156 g/mol. The van der Waals surface area contributed by atoms with Crippen molar-refractivity contribution in [2.45, 2.75) is 45.4 Å². The van der Waals surface area contributed by atoms with Crippen LogP contribution in [0.25, 0.3) is 0 Å². The summed E-state index contributed by atoms with van der Waals surface area (Å²) in [6.45, 7) is 2.42. The molecule has 0 bridgehead atoms. The maximum atomic E-state index is 8.50. The van der Waals surface area contributed by atoms with E-state index in [1.807, 2.05) is 0 Å². The van der Waals surface area contributed by atoms with Crippen molar-refractivity contribution in [1.29, 1.82) is 0 Å². The van der Waals surface area contributed by atoms with Gasteiger partial charge in [0.15, 0.2) is 0 Å². The second-order valence-corrected chi connectivity index (χ2v) is 2.85. The van der Waals surface area contributed by atoms with Crippen LogP contribution < -0.4 is 0 Å². The molecule has 0 aliphatic heterocycles. The molecule has 0 rings (SSSR count). The zero-order chi connectivity index (χ0) is 8.36. The SMILES string of the molecule is CC=CCCCCCCCO. The lowest BCUT2D eigenvalue weighted by Crippen LogP contribution is -1.82. The lowest BCUT2D eigenvalue weighted by atomic mass is 10.1. The molecule has 0 aromatic rings. The molecule has 0 unspecified atom stereocenters. The van der Waals surface area contributed by atoms with Gasteiger partial charge in [0, 0.05) is 6.61 Å². The van der Waals surface area contributed by atoms with Gasteiger partial charge in [0.25, 0.3) is 0 Å². The standard InChI is InChI=1S/C10H20O/c1-2-3-4-5-6-7-8-9-10-11/h2-3,11H,4-10H2,1H3. The van der Waals surface area contributed by atoms with Crippen molar-refractivity contribution in [2.24, 2.45) is 0 Å². The second kappa shape index (κ2) is 9.70. The van der Waals surface area contributed by atoms with E-state index >= 15 is 0 Å². The molecule has 0 aliphatic rings. The molecule has 0 saturated carbocycles. The summed E-state index contributed by atoms with van der Waals surface area (Å²) in [6, 6.07) is 0. The van der Waals surface area contributed by atoms with E-state index in [1.54, 1.807) is 0 Å². The van der Waals surface area contributed by atoms with E-state index in [2.05, 4.69) is 19.1 Å². The van der Waals surface area contributed by atoms with Gasteiger partial charge in [0.2, 0.25) is 0 Å². The number of unbranched alkanes of at least 4 members (excludes halogenated alkanes) is 5. The third-order valence-corrected chi connectivity index (χ3v) is 1.76. The first-order valence-electron chi connectivity index (χ1n) is 4.64. The van der Waals surface area contributed by atoms with Crippen LogP contribution in [0.3, 0.4) is 0 Å². The van der Waals surface area contributed by atoms with Crippen molar-refractivity contribution < 1.29 is 5.11 Å². The van der Waals surface area contributed by atoms with E-state index in [0.717, 1.165) is 6.42 Å². The Bertz CT molecular complexity index is 86.9. The highest BCUT2D eigenvalue weighted by Crippen LogP contribution is 2.04. The van der Waals surface area contributed by atoms with Crippen molar-refractivity contribution in [3.05, 3.63) is 12.2 Å². The Kier molecular flexibility index (Phi) is 9.44. The highest BCUT2D eigenvalue weighted by molar-refractivity contribution is 4.76. The van der Waals surface area contributed by atoms with Crippen molar-refractivity contribution in [1.82, 2.24) is 0 Å². The number of allylic oxidation sites excluding steroid dienone is 2. The molecule has 1 N–H and O–H groups in total. The maximum absolute atomic E-state index is 8.50. The summed E-state index contributed by atoms with van der Waals surface area (Å²) in [5, 5.41) is 8.50. The summed E-state index contributed by atoms with van der Waals surface area (Å²) in [6.07, 6.45) is 11.6. The van der Waals surface area contributed by atoms with Crippen molar-refractivity contribution in [3.8, 4) is 0 Å². The van der Waals surface area contributed by atoms with Crippen molar-refractivity contribution in [2.75, 3.05) is 6.61 Å². The van der Waals surface area contributed by atoms with Gasteiger partial charge in [-0.25, -0.2) is 0 Å². The molecule has 0 aromatic carbocycles. The summed E-state index contributed by atoms with van der Waals surface area (Å²) < 4.78 is 0. The van der Waals surface area contributed by atoms with Gasteiger partial charge < -0.3 is 5.11 Å². The third kappa shape index (κ3) is 9.70. The fourth-order valence-electron chi connectivity index (χ4n) is 1.07. The van der Waals surface area contributed by atoms with Crippen LogP contribution in [-0.2, 0) is 0 Å². The molecule has 0 fully saturated rings. The minimum absolute atomic E-state index is 0.356. The minimum atomic E-state index is 0.356. The molecule has 0 atom stereocenters. The third-order valence-electron chi connectivity index (χ3n) is 1.76. The Hall–Kier alpha value is -0.300. The van der Waals surface area contributed by atoms with Gasteiger partial charge in [-0.3, -0.25) is 0 Å². The fourth-order valence-corrected chi connectivity index (χ4v) is 1.07. The molecule has 11 heavy (non-hydrogen) atoms. The Morgan fingerprint density at radius 2 is 1.64 bits per heavy atom. The molecule has 0 aromatic heterocycles. The average molecular weight is 156 g/mol. The number of hydrogen-bond acceptors (Lipinski definition) is 1. The molecule has 0 saturated heterocycles.